The van der Waals surface area contributed by atoms with Gasteiger partial charge >= 0.3 is 0 Å². The van der Waals surface area contributed by atoms with Crippen molar-refractivity contribution in [3.63, 3.8) is 0 Å². The zero-order valence-corrected chi connectivity index (χ0v) is 12.5. The predicted molar refractivity (Wildman–Crippen MR) is 83.9 cm³/mol. The molecule has 0 aliphatic heterocycles. The smallest absolute Gasteiger partial charge is 0.289 e. The van der Waals surface area contributed by atoms with Gasteiger partial charge in [-0.15, -0.1) is 0 Å². The molecule has 0 fully saturated rings. The number of carbonyl (C=O) groups is 1. The van der Waals surface area contributed by atoms with E-state index in [4.69, 9.17) is 16.3 Å². The normalized spacial score (nSPS) is 10.1. The molecule has 2 rings (SSSR count). The number of ketones is 1. The fraction of sp³-hybridized carbons (Fsp3) is 0.133. The number of anilines is 1. The molecule has 2 aromatic rings. The summed E-state index contributed by atoms with van der Waals surface area (Å²) >= 11 is 5.73. The molecule has 0 heterocycles. The van der Waals surface area contributed by atoms with Crippen LogP contribution in [-0.4, -0.2) is 24.4 Å². The van der Waals surface area contributed by atoms with Crippen LogP contribution in [0.15, 0.2) is 42.5 Å². The number of nitrogens with zero attached hydrogens (tertiary/aromatic N) is 1. The maximum Gasteiger partial charge on any atom is 0.289 e. The van der Waals surface area contributed by atoms with Crippen molar-refractivity contribution in [2.45, 2.75) is 0 Å². The van der Waals surface area contributed by atoms with E-state index >= 15 is 0 Å². The molecule has 0 bridgehead atoms. The van der Waals surface area contributed by atoms with Crippen molar-refractivity contribution in [2.24, 2.45) is 0 Å². The second-order valence-corrected chi connectivity index (χ2v) is 4.84. The number of hydrogen-bond donors (Lipinski definition) is 1. The maximum absolute atomic E-state index is 12.0. The van der Waals surface area contributed by atoms with Gasteiger partial charge in [0.1, 0.15) is 10.8 Å². The molecule has 0 radical (unpaired) electrons. The summed E-state index contributed by atoms with van der Waals surface area (Å²) < 4.78 is 5.02. The highest BCUT2D eigenvalue weighted by Gasteiger charge is 2.13. The van der Waals surface area contributed by atoms with Crippen molar-refractivity contribution in [1.29, 1.82) is 0 Å². The molecule has 0 aliphatic carbocycles. The molecule has 0 unspecified atom stereocenters. The van der Waals surface area contributed by atoms with E-state index < -0.39 is 4.92 Å². The molecule has 0 aromatic heterocycles. The summed E-state index contributed by atoms with van der Waals surface area (Å²) in [6.07, 6.45) is 0. The van der Waals surface area contributed by atoms with Crippen LogP contribution in [0.5, 0.6) is 5.75 Å². The third-order valence-corrected chi connectivity index (χ3v) is 3.33. The van der Waals surface area contributed by atoms with Gasteiger partial charge in [-0.3, -0.25) is 14.9 Å². The molecule has 0 atom stereocenters. The average molecular weight is 321 g/mol. The summed E-state index contributed by atoms with van der Waals surface area (Å²) in [5.41, 5.74) is 0.776. The van der Waals surface area contributed by atoms with E-state index in [0.29, 0.717) is 17.0 Å². The minimum absolute atomic E-state index is 0.0190. The summed E-state index contributed by atoms with van der Waals surface area (Å²) in [6, 6.07) is 11.0. The van der Waals surface area contributed by atoms with Crippen molar-refractivity contribution in [3.8, 4) is 5.75 Å². The highest BCUT2D eigenvalue weighted by molar-refractivity contribution is 6.32. The van der Waals surface area contributed by atoms with E-state index in [2.05, 4.69) is 5.32 Å². The lowest BCUT2D eigenvalue weighted by molar-refractivity contribution is -0.384. The fourth-order valence-electron chi connectivity index (χ4n) is 1.82. The number of benzene rings is 2. The van der Waals surface area contributed by atoms with Crippen LogP contribution in [0.25, 0.3) is 0 Å². The fourth-order valence-corrected chi connectivity index (χ4v) is 2.01. The Morgan fingerprint density at radius 3 is 2.55 bits per heavy atom. The number of nitro groups is 1. The first-order valence-corrected chi connectivity index (χ1v) is 6.74. The van der Waals surface area contributed by atoms with Gasteiger partial charge < -0.3 is 10.1 Å². The number of ether oxygens (including phenoxy) is 1. The van der Waals surface area contributed by atoms with E-state index in [1.165, 1.54) is 12.1 Å². The SMILES string of the molecule is COc1ccc(C(=O)CNc2ccc(Cl)c([N+](=O)[O-])c2)cc1. The number of methoxy groups -OCH3 is 1. The van der Waals surface area contributed by atoms with Gasteiger partial charge in [-0.1, -0.05) is 11.6 Å². The van der Waals surface area contributed by atoms with Gasteiger partial charge in [0, 0.05) is 17.3 Å². The van der Waals surface area contributed by atoms with Gasteiger partial charge in [-0.25, -0.2) is 0 Å². The maximum atomic E-state index is 12.0. The lowest BCUT2D eigenvalue weighted by atomic mass is 10.1. The van der Waals surface area contributed by atoms with Crippen LogP contribution in [0.2, 0.25) is 5.02 Å². The van der Waals surface area contributed by atoms with Gasteiger partial charge in [0.2, 0.25) is 0 Å². The first-order chi connectivity index (χ1) is 10.5. The van der Waals surface area contributed by atoms with Crippen molar-refractivity contribution < 1.29 is 14.5 Å². The highest BCUT2D eigenvalue weighted by atomic mass is 35.5. The summed E-state index contributed by atoms with van der Waals surface area (Å²) in [5.74, 6) is 0.526. The number of Topliss-reactive ketones (excluding diaryl/α,β-unsaturated/α-hetero) is 1. The second-order valence-electron chi connectivity index (χ2n) is 4.43. The van der Waals surface area contributed by atoms with Gasteiger partial charge in [0.15, 0.2) is 5.78 Å². The molecule has 0 amide bonds. The van der Waals surface area contributed by atoms with Crippen molar-refractivity contribution in [2.75, 3.05) is 19.0 Å². The zero-order chi connectivity index (χ0) is 16.1. The van der Waals surface area contributed by atoms with E-state index in [9.17, 15) is 14.9 Å². The molecule has 22 heavy (non-hydrogen) atoms. The molecule has 114 valence electrons. The van der Waals surface area contributed by atoms with Crippen molar-refractivity contribution in [1.82, 2.24) is 0 Å². The molecule has 7 heteroatoms. The van der Waals surface area contributed by atoms with Crippen molar-refractivity contribution >= 4 is 28.8 Å². The topological polar surface area (TPSA) is 81.5 Å². The molecule has 2 aromatic carbocycles. The first kappa shape index (κ1) is 15.8. The average Bonchev–Trinajstić information content (AvgIpc) is 2.53. The van der Waals surface area contributed by atoms with Gasteiger partial charge in [-0.2, -0.15) is 0 Å². The van der Waals surface area contributed by atoms with Gasteiger partial charge in [0.25, 0.3) is 5.69 Å². The van der Waals surface area contributed by atoms with Crippen LogP contribution in [0.1, 0.15) is 10.4 Å². The van der Waals surface area contributed by atoms with Crippen LogP contribution in [0.3, 0.4) is 0 Å². The molecule has 1 N–H and O–H groups in total. The van der Waals surface area contributed by atoms with E-state index in [0.717, 1.165) is 0 Å². The van der Waals surface area contributed by atoms with Crippen LogP contribution < -0.4 is 10.1 Å². The zero-order valence-electron chi connectivity index (χ0n) is 11.7. The van der Waals surface area contributed by atoms with Crippen LogP contribution >= 0.6 is 11.6 Å². The number of nitro benzene ring substituents is 1. The standard InChI is InChI=1S/C15H13ClN2O4/c1-22-12-5-2-10(3-6-12)15(19)9-17-11-4-7-13(16)14(8-11)18(20)21/h2-8,17H,9H2,1H3. The largest absolute Gasteiger partial charge is 0.497 e. The molecule has 0 saturated carbocycles. The summed E-state index contributed by atoms with van der Waals surface area (Å²) in [7, 11) is 1.55. The summed E-state index contributed by atoms with van der Waals surface area (Å²) in [6.45, 7) is 0.0190. The lowest BCUT2D eigenvalue weighted by Crippen LogP contribution is -2.14. The number of nitrogens with one attached hydrogen (secondary N) is 1. The first-order valence-electron chi connectivity index (χ1n) is 6.36. The minimum atomic E-state index is -0.571. The summed E-state index contributed by atoms with van der Waals surface area (Å²) in [4.78, 5) is 22.3. The Morgan fingerprint density at radius 1 is 1.27 bits per heavy atom. The van der Waals surface area contributed by atoms with Crippen LogP contribution in [-0.2, 0) is 0 Å². The Morgan fingerprint density at radius 2 is 1.95 bits per heavy atom. The number of carbonyl (C=O) groups excluding carboxylic acids is 1. The Hall–Kier alpha value is -2.60. The third-order valence-electron chi connectivity index (χ3n) is 3.01. The number of rotatable bonds is 6. The second kappa shape index (κ2) is 6.91. The van der Waals surface area contributed by atoms with Gasteiger partial charge in [0.05, 0.1) is 18.6 Å². The van der Waals surface area contributed by atoms with Crippen LogP contribution in [0, 0.1) is 10.1 Å². The van der Waals surface area contributed by atoms with E-state index in [1.54, 1.807) is 37.4 Å². The monoisotopic (exact) mass is 320 g/mol. The molecule has 0 saturated heterocycles. The Kier molecular flexibility index (Phi) is 4.95. The van der Waals surface area contributed by atoms with Gasteiger partial charge in [-0.05, 0) is 36.4 Å². The van der Waals surface area contributed by atoms with Crippen molar-refractivity contribution in [3.05, 3.63) is 63.2 Å². The highest BCUT2D eigenvalue weighted by Crippen LogP contribution is 2.27. The minimum Gasteiger partial charge on any atom is -0.497 e. The molecule has 6 nitrogen and oxygen atoms in total. The third kappa shape index (κ3) is 3.73. The Labute approximate surface area is 131 Å². The Balaban J connectivity index is 2.04. The van der Waals surface area contributed by atoms with E-state index in [1.807, 2.05) is 0 Å². The molecule has 0 spiro atoms. The molecule has 0 aliphatic rings. The predicted octanol–water partition coefficient (Wildman–Crippen LogP) is 3.55. The Bertz CT molecular complexity index is 701. The summed E-state index contributed by atoms with van der Waals surface area (Å²) in [5, 5.41) is 13.7. The molecular weight excluding hydrogens is 308 g/mol. The van der Waals surface area contributed by atoms with Crippen LogP contribution in [0.4, 0.5) is 11.4 Å². The molecular formula is C15H13ClN2O4. The quantitative estimate of drug-likeness (QED) is 0.500. The lowest BCUT2D eigenvalue weighted by Gasteiger charge is -2.07. The number of halogens is 1. The number of hydrogen-bond acceptors (Lipinski definition) is 5. The van der Waals surface area contributed by atoms with E-state index in [-0.39, 0.29) is 23.0 Å².